The van der Waals surface area contributed by atoms with Crippen LogP contribution < -0.4 is 0 Å². The average Bonchev–Trinajstić information content (AvgIpc) is 3.23. The number of hydrogen-bond acceptors (Lipinski definition) is 5. The molecule has 2 amide bonds. The van der Waals surface area contributed by atoms with Crippen molar-refractivity contribution in [3.63, 3.8) is 0 Å². The first-order valence-electron chi connectivity index (χ1n) is 11.1. The summed E-state index contributed by atoms with van der Waals surface area (Å²) >= 11 is 0. The number of amides is 2. The molecule has 2 fully saturated rings. The lowest BCUT2D eigenvalue weighted by molar-refractivity contribution is -0.138. The normalized spacial score (nSPS) is 23.5. The van der Waals surface area contributed by atoms with Gasteiger partial charge in [0.05, 0.1) is 11.7 Å². The Kier molecular flexibility index (Phi) is 5.86. The minimum absolute atomic E-state index is 0.00334. The van der Waals surface area contributed by atoms with Crippen LogP contribution in [0.1, 0.15) is 69.6 Å². The number of nitrogens with zero attached hydrogens (tertiary/aromatic N) is 5. The summed E-state index contributed by atoms with van der Waals surface area (Å²) in [6.45, 7) is 10.2. The fourth-order valence-corrected chi connectivity index (χ4v) is 5.01. The third kappa shape index (κ3) is 4.15. The molecule has 7 nitrogen and oxygen atoms in total. The summed E-state index contributed by atoms with van der Waals surface area (Å²) in [5, 5.41) is 0. The SMILES string of the molecule is CC(=O)N1CCC[C@H]1c1ncc2c(n1)CCN(C(=O)C1CCN(C(C)C)CC1)C2. The van der Waals surface area contributed by atoms with Gasteiger partial charge in [-0.2, -0.15) is 0 Å². The van der Waals surface area contributed by atoms with Gasteiger partial charge in [-0.1, -0.05) is 0 Å². The first-order valence-corrected chi connectivity index (χ1v) is 11.1. The van der Waals surface area contributed by atoms with E-state index < -0.39 is 0 Å². The Morgan fingerprint density at radius 1 is 1.10 bits per heavy atom. The lowest BCUT2D eigenvalue weighted by Crippen LogP contribution is -2.45. The molecule has 2 saturated heterocycles. The van der Waals surface area contributed by atoms with E-state index in [9.17, 15) is 9.59 Å². The number of carbonyl (C=O) groups is 2. The van der Waals surface area contributed by atoms with E-state index in [0.717, 1.165) is 75.4 Å². The maximum absolute atomic E-state index is 13.1. The van der Waals surface area contributed by atoms with Gasteiger partial charge in [-0.05, 0) is 52.6 Å². The van der Waals surface area contributed by atoms with Crippen molar-refractivity contribution in [1.82, 2.24) is 24.7 Å². The van der Waals surface area contributed by atoms with Gasteiger partial charge in [0, 0.05) is 56.7 Å². The largest absolute Gasteiger partial charge is 0.338 e. The second kappa shape index (κ2) is 8.38. The van der Waals surface area contributed by atoms with E-state index in [1.165, 1.54) is 0 Å². The van der Waals surface area contributed by atoms with Gasteiger partial charge in [0.15, 0.2) is 5.82 Å². The fourth-order valence-electron chi connectivity index (χ4n) is 5.01. The van der Waals surface area contributed by atoms with Crippen LogP contribution in [0.4, 0.5) is 0 Å². The quantitative estimate of drug-likeness (QED) is 0.779. The first-order chi connectivity index (χ1) is 13.9. The van der Waals surface area contributed by atoms with Crippen LogP contribution >= 0.6 is 0 Å². The molecule has 1 aromatic heterocycles. The topological polar surface area (TPSA) is 69.6 Å². The van der Waals surface area contributed by atoms with Crippen LogP contribution in [0.2, 0.25) is 0 Å². The van der Waals surface area contributed by atoms with E-state index in [-0.39, 0.29) is 17.9 Å². The summed E-state index contributed by atoms with van der Waals surface area (Å²) in [6.07, 6.45) is 6.50. The van der Waals surface area contributed by atoms with Gasteiger partial charge in [0.1, 0.15) is 0 Å². The minimum Gasteiger partial charge on any atom is -0.338 e. The van der Waals surface area contributed by atoms with E-state index in [4.69, 9.17) is 4.98 Å². The van der Waals surface area contributed by atoms with Gasteiger partial charge < -0.3 is 14.7 Å². The lowest BCUT2D eigenvalue weighted by atomic mass is 9.93. The Labute approximate surface area is 173 Å². The highest BCUT2D eigenvalue weighted by Crippen LogP contribution is 2.31. The molecule has 0 aliphatic carbocycles. The molecule has 0 N–H and O–H groups in total. The standard InChI is InChI=1S/C22H33N5O2/c1-15(2)25-10-6-17(7-11-25)22(29)26-12-8-19-18(14-26)13-23-21(24-19)20-5-4-9-27(20)16(3)28/h13,15,17,20H,4-12,14H2,1-3H3/t20-/m0/s1. The summed E-state index contributed by atoms with van der Waals surface area (Å²) in [4.78, 5) is 40.7. The van der Waals surface area contributed by atoms with Gasteiger partial charge in [-0.15, -0.1) is 0 Å². The van der Waals surface area contributed by atoms with E-state index >= 15 is 0 Å². The molecule has 1 atom stereocenters. The minimum atomic E-state index is 0.00334. The Balaban J connectivity index is 1.40. The highest BCUT2D eigenvalue weighted by molar-refractivity contribution is 5.79. The number of carbonyl (C=O) groups excluding carboxylic acids is 2. The highest BCUT2D eigenvalue weighted by Gasteiger charge is 2.33. The number of piperidine rings is 1. The van der Waals surface area contributed by atoms with Gasteiger partial charge >= 0.3 is 0 Å². The van der Waals surface area contributed by atoms with Crippen molar-refractivity contribution in [1.29, 1.82) is 0 Å². The summed E-state index contributed by atoms with van der Waals surface area (Å²) < 4.78 is 0. The van der Waals surface area contributed by atoms with Gasteiger partial charge in [-0.25, -0.2) is 9.97 Å². The second-order valence-electron chi connectivity index (χ2n) is 8.98. The van der Waals surface area contributed by atoms with E-state index in [2.05, 4.69) is 23.7 Å². The van der Waals surface area contributed by atoms with Crippen LogP contribution in [0.25, 0.3) is 0 Å². The molecule has 0 radical (unpaired) electrons. The molecule has 0 aromatic carbocycles. The third-order valence-electron chi connectivity index (χ3n) is 6.83. The smallest absolute Gasteiger partial charge is 0.226 e. The van der Waals surface area contributed by atoms with Crippen molar-refractivity contribution < 1.29 is 9.59 Å². The van der Waals surface area contributed by atoms with Gasteiger partial charge in [-0.3, -0.25) is 9.59 Å². The van der Waals surface area contributed by atoms with Crippen LogP contribution in [0.3, 0.4) is 0 Å². The maximum atomic E-state index is 13.1. The Bertz CT molecular complexity index is 772. The number of aromatic nitrogens is 2. The summed E-state index contributed by atoms with van der Waals surface area (Å²) in [7, 11) is 0. The summed E-state index contributed by atoms with van der Waals surface area (Å²) in [5.74, 6) is 1.29. The van der Waals surface area contributed by atoms with Gasteiger partial charge in [0.25, 0.3) is 0 Å². The van der Waals surface area contributed by atoms with Crippen LogP contribution in [-0.2, 0) is 22.6 Å². The number of fused-ring (bicyclic) bond motifs is 1. The molecule has 7 heteroatoms. The van der Waals surface area contributed by atoms with Crippen molar-refractivity contribution in [3.8, 4) is 0 Å². The molecule has 0 unspecified atom stereocenters. The molecule has 4 rings (SSSR count). The van der Waals surface area contributed by atoms with Crippen LogP contribution in [0.15, 0.2) is 6.20 Å². The molecule has 158 valence electrons. The van der Waals surface area contributed by atoms with Crippen molar-refractivity contribution in [2.75, 3.05) is 26.2 Å². The molecule has 3 aliphatic rings. The molecule has 29 heavy (non-hydrogen) atoms. The summed E-state index contributed by atoms with van der Waals surface area (Å²) in [6, 6.07) is 0.557. The monoisotopic (exact) mass is 399 g/mol. The van der Waals surface area contributed by atoms with Crippen LogP contribution in [0.5, 0.6) is 0 Å². The lowest BCUT2D eigenvalue weighted by Gasteiger charge is -2.37. The van der Waals surface area contributed by atoms with Crippen molar-refractivity contribution in [3.05, 3.63) is 23.3 Å². The molecular weight excluding hydrogens is 366 g/mol. The first kappa shape index (κ1) is 20.3. The van der Waals surface area contributed by atoms with Crippen molar-refractivity contribution >= 4 is 11.8 Å². The van der Waals surface area contributed by atoms with Crippen molar-refractivity contribution in [2.24, 2.45) is 5.92 Å². The van der Waals surface area contributed by atoms with Crippen LogP contribution in [-0.4, -0.2) is 68.7 Å². The Hall–Kier alpha value is -2.02. The number of hydrogen-bond donors (Lipinski definition) is 0. The van der Waals surface area contributed by atoms with Crippen LogP contribution in [0, 0.1) is 5.92 Å². The highest BCUT2D eigenvalue weighted by atomic mass is 16.2. The zero-order chi connectivity index (χ0) is 20.5. The number of likely N-dealkylation sites (tertiary alicyclic amines) is 2. The second-order valence-corrected chi connectivity index (χ2v) is 8.98. The molecule has 0 spiro atoms. The molecular formula is C22H33N5O2. The Morgan fingerprint density at radius 2 is 1.86 bits per heavy atom. The zero-order valence-electron chi connectivity index (χ0n) is 17.9. The molecule has 1 aromatic rings. The van der Waals surface area contributed by atoms with E-state index in [1.54, 1.807) is 6.92 Å². The predicted molar refractivity (Wildman–Crippen MR) is 110 cm³/mol. The average molecular weight is 400 g/mol. The van der Waals surface area contributed by atoms with E-state index in [0.29, 0.717) is 18.5 Å². The predicted octanol–water partition coefficient (Wildman–Crippen LogP) is 2.17. The summed E-state index contributed by atoms with van der Waals surface area (Å²) in [5.41, 5.74) is 2.10. The maximum Gasteiger partial charge on any atom is 0.226 e. The fraction of sp³-hybridized carbons (Fsp3) is 0.727. The van der Waals surface area contributed by atoms with Gasteiger partial charge in [0.2, 0.25) is 11.8 Å². The van der Waals surface area contributed by atoms with Crippen molar-refractivity contribution in [2.45, 2.75) is 71.5 Å². The molecule has 0 bridgehead atoms. The molecule has 4 heterocycles. The molecule has 3 aliphatic heterocycles. The zero-order valence-corrected chi connectivity index (χ0v) is 17.9. The number of rotatable bonds is 3. The Morgan fingerprint density at radius 3 is 2.55 bits per heavy atom. The molecule has 0 saturated carbocycles. The third-order valence-corrected chi connectivity index (χ3v) is 6.83. The van der Waals surface area contributed by atoms with E-state index in [1.807, 2.05) is 16.0 Å².